The van der Waals surface area contributed by atoms with Gasteiger partial charge in [0.05, 0.1) is 0 Å². The smallest absolute Gasteiger partial charge is 0.0110 e. The Labute approximate surface area is 303 Å². The molecule has 3 heteroatoms. The lowest BCUT2D eigenvalue weighted by atomic mass is 9.98. The number of hydrogen-bond donors (Lipinski definition) is 2. The second kappa shape index (κ2) is 42.0. The van der Waals surface area contributed by atoms with Gasteiger partial charge in [-0.15, -0.1) is 0 Å². The molecule has 0 aliphatic heterocycles. The van der Waals surface area contributed by atoms with E-state index in [9.17, 15) is 0 Å². The Bertz CT molecular complexity index is 651. The van der Waals surface area contributed by atoms with Crippen molar-refractivity contribution >= 4 is 0 Å². The highest BCUT2D eigenvalue weighted by Gasteiger charge is 2.17. The first-order valence-electron chi connectivity index (χ1n) is 21.5. The van der Waals surface area contributed by atoms with Crippen molar-refractivity contribution in [3.05, 3.63) is 48.6 Å². The molecule has 0 rings (SSSR count). The first kappa shape index (κ1) is 46.8. The molecule has 0 radical (unpaired) electrons. The summed E-state index contributed by atoms with van der Waals surface area (Å²) < 4.78 is 0. The van der Waals surface area contributed by atoms with Crippen molar-refractivity contribution in [1.82, 2.24) is 15.5 Å². The zero-order valence-corrected chi connectivity index (χ0v) is 33.3. The minimum atomic E-state index is 0.749. The van der Waals surface area contributed by atoms with Crippen LogP contribution in [0.3, 0.4) is 0 Å². The Kier molecular flexibility index (Phi) is 41.0. The quantitative estimate of drug-likeness (QED) is 0.0504. The van der Waals surface area contributed by atoms with E-state index in [-0.39, 0.29) is 0 Å². The van der Waals surface area contributed by atoms with Gasteiger partial charge in [-0.3, -0.25) is 4.90 Å². The van der Waals surface area contributed by atoms with Crippen molar-refractivity contribution in [3.8, 4) is 0 Å². The van der Waals surface area contributed by atoms with Crippen LogP contribution in [-0.2, 0) is 0 Å². The molecule has 282 valence electrons. The summed E-state index contributed by atoms with van der Waals surface area (Å²) in [6.07, 6.45) is 53.8. The lowest BCUT2D eigenvalue weighted by molar-refractivity contribution is 0.172. The predicted octanol–water partition coefficient (Wildman–Crippen LogP) is 13.3. The Morgan fingerprint density at radius 2 is 0.729 bits per heavy atom. The van der Waals surface area contributed by atoms with Crippen LogP contribution in [-0.4, -0.2) is 50.2 Å². The monoisotopic (exact) mass is 670 g/mol. The molecule has 2 N–H and O–H groups in total. The van der Waals surface area contributed by atoms with E-state index in [0.717, 1.165) is 45.1 Å². The minimum absolute atomic E-state index is 0.749. The van der Waals surface area contributed by atoms with Gasteiger partial charge in [-0.1, -0.05) is 166 Å². The fraction of sp³-hybridized carbons (Fsp3) is 0.822. The summed E-state index contributed by atoms with van der Waals surface area (Å²) in [5.74, 6) is 0. The van der Waals surface area contributed by atoms with E-state index in [4.69, 9.17) is 0 Å². The van der Waals surface area contributed by atoms with Crippen LogP contribution in [0.4, 0.5) is 0 Å². The molecule has 0 saturated carbocycles. The van der Waals surface area contributed by atoms with Gasteiger partial charge in [-0.2, -0.15) is 0 Å². The van der Waals surface area contributed by atoms with Gasteiger partial charge in [-0.05, 0) is 90.1 Å². The number of allylic oxidation sites excluding steroid dienone is 8. The summed E-state index contributed by atoms with van der Waals surface area (Å²) in [5, 5.41) is 7.19. The maximum atomic E-state index is 3.59. The van der Waals surface area contributed by atoms with Gasteiger partial charge in [-0.25, -0.2) is 0 Å². The van der Waals surface area contributed by atoms with Gasteiger partial charge >= 0.3 is 0 Å². The molecule has 0 aromatic rings. The van der Waals surface area contributed by atoms with E-state index < -0.39 is 0 Å². The van der Waals surface area contributed by atoms with E-state index >= 15 is 0 Å². The van der Waals surface area contributed by atoms with Crippen LogP contribution in [0.2, 0.25) is 0 Å². The number of unbranched alkanes of at least 4 members (excludes halogenated alkanes) is 18. The molecule has 0 aromatic heterocycles. The molecule has 0 spiro atoms. The molecule has 48 heavy (non-hydrogen) atoms. The fourth-order valence-electron chi connectivity index (χ4n) is 6.52. The molecule has 0 aliphatic rings. The number of nitrogens with zero attached hydrogens (tertiary/aromatic N) is 1. The van der Waals surface area contributed by atoms with E-state index in [2.05, 4.69) is 91.8 Å². The van der Waals surface area contributed by atoms with Crippen LogP contribution in [0.25, 0.3) is 0 Å². The molecule has 3 nitrogen and oxygen atoms in total. The van der Waals surface area contributed by atoms with Crippen LogP contribution in [0.15, 0.2) is 48.6 Å². The molecule has 0 amide bonds. The topological polar surface area (TPSA) is 27.3 Å². The lowest BCUT2D eigenvalue weighted by Crippen LogP contribution is -2.43. The van der Waals surface area contributed by atoms with Gasteiger partial charge < -0.3 is 10.6 Å². The first-order chi connectivity index (χ1) is 23.8. The van der Waals surface area contributed by atoms with Crippen molar-refractivity contribution in [1.29, 1.82) is 0 Å². The zero-order chi connectivity index (χ0) is 34.9. The van der Waals surface area contributed by atoms with Crippen molar-refractivity contribution in [2.45, 2.75) is 201 Å². The molecular weight excluding hydrogens is 583 g/mol. The van der Waals surface area contributed by atoms with Crippen molar-refractivity contribution < 1.29 is 0 Å². The zero-order valence-electron chi connectivity index (χ0n) is 33.3. The van der Waals surface area contributed by atoms with Gasteiger partial charge in [0.25, 0.3) is 0 Å². The molecule has 0 aromatic carbocycles. The summed E-state index contributed by atoms with van der Waals surface area (Å²) in [6, 6.07) is 0.749. The van der Waals surface area contributed by atoms with Crippen molar-refractivity contribution in [3.63, 3.8) is 0 Å². The van der Waals surface area contributed by atoms with E-state index in [1.807, 2.05) is 0 Å². The summed E-state index contributed by atoms with van der Waals surface area (Å²) in [4.78, 5) is 2.82. The average Bonchev–Trinajstić information content (AvgIpc) is 3.10. The second-order valence-corrected chi connectivity index (χ2v) is 14.1. The maximum Gasteiger partial charge on any atom is 0.0110 e. The van der Waals surface area contributed by atoms with Gasteiger partial charge in [0.1, 0.15) is 0 Å². The highest BCUT2D eigenvalue weighted by molar-refractivity contribution is 4.93. The van der Waals surface area contributed by atoms with Crippen LogP contribution in [0, 0.1) is 0 Å². The number of nitrogens with one attached hydrogen (secondary N) is 2. The number of hydrogen-bond acceptors (Lipinski definition) is 3. The summed E-state index contributed by atoms with van der Waals surface area (Å²) in [5.41, 5.74) is 0. The van der Waals surface area contributed by atoms with Crippen LogP contribution in [0.5, 0.6) is 0 Å². The van der Waals surface area contributed by atoms with E-state index in [1.165, 1.54) is 167 Å². The summed E-state index contributed by atoms with van der Waals surface area (Å²) >= 11 is 0. The first-order valence-corrected chi connectivity index (χ1v) is 21.5. The molecule has 0 atom stereocenters. The minimum Gasteiger partial charge on any atom is -0.316 e. The van der Waals surface area contributed by atoms with Gasteiger partial charge in [0.2, 0.25) is 0 Å². The van der Waals surface area contributed by atoms with Crippen molar-refractivity contribution in [2.75, 3.05) is 39.3 Å². The third-order valence-electron chi connectivity index (χ3n) is 9.64. The number of rotatable bonds is 39. The Morgan fingerprint density at radius 3 is 1.08 bits per heavy atom. The fourth-order valence-corrected chi connectivity index (χ4v) is 6.52. The normalized spacial score (nSPS) is 12.5. The Morgan fingerprint density at radius 1 is 0.396 bits per heavy atom. The largest absolute Gasteiger partial charge is 0.316 e. The Hall–Kier alpha value is -1.16. The highest BCUT2D eigenvalue weighted by atomic mass is 15.2. The lowest BCUT2D eigenvalue weighted by Gasteiger charge is -2.32. The molecule has 0 bridgehead atoms. The average molecular weight is 670 g/mol. The summed E-state index contributed by atoms with van der Waals surface area (Å²) in [6.45, 7) is 15.8. The standard InChI is InChI=1S/C45H87N3/c1-5-9-11-13-15-17-19-21-23-25-27-29-31-33-35-37-39-45(48(43-41-46-7-3)44-42-47-8-4)40-38-36-34-32-30-28-26-24-22-20-18-16-14-12-10-6-2/h15-18,21-24,45-47H,5-14,19-20,25-44H2,1-4H3/b17-15-,18-16-,23-21-,24-22-. The van der Waals surface area contributed by atoms with Gasteiger partial charge in [0, 0.05) is 32.2 Å². The van der Waals surface area contributed by atoms with Gasteiger partial charge in [0.15, 0.2) is 0 Å². The van der Waals surface area contributed by atoms with Crippen LogP contribution >= 0.6 is 0 Å². The molecular formula is C45H87N3. The molecule has 0 unspecified atom stereocenters. The van der Waals surface area contributed by atoms with Crippen LogP contribution in [0.1, 0.15) is 195 Å². The number of likely N-dealkylation sites (N-methyl/N-ethyl adjacent to an activating group) is 2. The van der Waals surface area contributed by atoms with E-state index in [0.29, 0.717) is 0 Å². The van der Waals surface area contributed by atoms with E-state index in [1.54, 1.807) is 0 Å². The SMILES string of the molecule is CCCCC/C=C\C/C=C\CCCCCCCCC(CCCCCCCC/C=C\C/C=C\CCCCC)N(CCNCC)CCNCC. The molecule has 0 saturated heterocycles. The molecule has 0 heterocycles. The molecule has 0 aliphatic carbocycles. The third kappa shape index (κ3) is 36.1. The third-order valence-corrected chi connectivity index (χ3v) is 9.64. The summed E-state index contributed by atoms with van der Waals surface area (Å²) in [7, 11) is 0. The van der Waals surface area contributed by atoms with Crippen LogP contribution < -0.4 is 10.6 Å². The predicted molar refractivity (Wildman–Crippen MR) is 220 cm³/mol. The highest BCUT2D eigenvalue weighted by Crippen LogP contribution is 2.19. The Balaban J connectivity index is 4.28. The maximum absolute atomic E-state index is 3.59. The van der Waals surface area contributed by atoms with Crippen molar-refractivity contribution in [2.24, 2.45) is 0 Å². The second-order valence-electron chi connectivity index (χ2n) is 14.1. The molecule has 0 fully saturated rings.